The zero-order valence-electron chi connectivity index (χ0n) is 11.6. The molecule has 3 aliphatic rings. The highest BCUT2D eigenvalue weighted by Crippen LogP contribution is 2.62. The Hall–Kier alpha value is -0.0800. The van der Waals surface area contributed by atoms with E-state index >= 15 is 0 Å². The number of hydrogen-bond acceptors (Lipinski definition) is 2. The lowest BCUT2D eigenvalue weighted by Crippen LogP contribution is -2.56. The van der Waals surface area contributed by atoms with Crippen LogP contribution in [0.2, 0.25) is 0 Å². The summed E-state index contributed by atoms with van der Waals surface area (Å²) in [6.07, 6.45) is 7.35. The molecule has 0 aliphatic heterocycles. The minimum Gasteiger partial charge on any atom is -0.389 e. The first kappa shape index (κ1) is 12.0. The van der Waals surface area contributed by atoms with E-state index in [1.807, 2.05) is 0 Å². The van der Waals surface area contributed by atoms with E-state index in [1.165, 1.54) is 25.7 Å². The monoisotopic (exact) mass is 237 g/mol. The number of hydrogen-bond donors (Lipinski definition) is 2. The minimum absolute atomic E-state index is 0.381. The fourth-order valence-electron chi connectivity index (χ4n) is 4.87. The van der Waals surface area contributed by atoms with Gasteiger partial charge in [0.05, 0.1) is 5.60 Å². The van der Waals surface area contributed by atoms with Gasteiger partial charge in [0.1, 0.15) is 0 Å². The highest BCUT2D eigenvalue weighted by atomic mass is 16.3. The highest BCUT2D eigenvalue weighted by molar-refractivity contribution is 5.12. The van der Waals surface area contributed by atoms with Crippen LogP contribution in [0.25, 0.3) is 0 Å². The zero-order valence-corrected chi connectivity index (χ0v) is 11.6. The second kappa shape index (κ2) is 3.48. The first-order valence-corrected chi connectivity index (χ1v) is 7.32. The molecule has 3 atom stereocenters. The maximum atomic E-state index is 10.2. The lowest BCUT2D eigenvalue weighted by atomic mass is 9.68. The van der Waals surface area contributed by atoms with Crippen molar-refractivity contribution < 1.29 is 5.11 Å². The van der Waals surface area contributed by atoms with Gasteiger partial charge in [-0.3, -0.25) is 0 Å². The molecule has 1 unspecified atom stereocenters. The fourth-order valence-corrected chi connectivity index (χ4v) is 4.87. The molecule has 17 heavy (non-hydrogen) atoms. The van der Waals surface area contributed by atoms with Crippen LogP contribution < -0.4 is 5.32 Å². The summed E-state index contributed by atoms with van der Waals surface area (Å²) in [6, 6.07) is 0.596. The van der Waals surface area contributed by atoms with Gasteiger partial charge in [0.25, 0.3) is 0 Å². The Morgan fingerprint density at radius 1 is 1.18 bits per heavy atom. The first-order valence-electron chi connectivity index (χ1n) is 7.32. The van der Waals surface area contributed by atoms with Gasteiger partial charge in [-0.1, -0.05) is 20.8 Å². The van der Waals surface area contributed by atoms with Crippen LogP contribution in [0.5, 0.6) is 0 Å². The quantitative estimate of drug-likeness (QED) is 0.791. The molecule has 98 valence electrons. The van der Waals surface area contributed by atoms with Gasteiger partial charge in [0.15, 0.2) is 0 Å². The van der Waals surface area contributed by atoms with Gasteiger partial charge < -0.3 is 10.4 Å². The van der Waals surface area contributed by atoms with Crippen molar-refractivity contribution in [2.45, 2.75) is 70.9 Å². The van der Waals surface area contributed by atoms with E-state index in [9.17, 15) is 5.11 Å². The van der Waals surface area contributed by atoms with E-state index in [-0.39, 0.29) is 5.60 Å². The summed E-state index contributed by atoms with van der Waals surface area (Å²) in [5, 5.41) is 14.0. The Balaban J connectivity index is 1.69. The lowest BCUT2D eigenvalue weighted by molar-refractivity contribution is -0.0413. The minimum atomic E-state index is -0.381. The van der Waals surface area contributed by atoms with Gasteiger partial charge in [0, 0.05) is 12.6 Å². The van der Waals surface area contributed by atoms with Crippen LogP contribution in [-0.4, -0.2) is 23.3 Å². The average Bonchev–Trinajstić information content (AvgIpc) is 2.66. The third-order valence-electron chi connectivity index (χ3n) is 6.19. The highest BCUT2D eigenvalue weighted by Gasteiger charge is 2.59. The van der Waals surface area contributed by atoms with Crippen LogP contribution >= 0.6 is 0 Å². The van der Waals surface area contributed by atoms with Crippen molar-refractivity contribution in [1.29, 1.82) is 0 Å². The third-order valence-corrected chi connectivity index (χ3v) is 6.19. The van der Waals surface area contributed by atoms with Crippen molar-refractivity contribution in [3.63, 3.8) is 0 Å². The van der Waals surface area contributed by atoms with Crippen molar-refractivity contribution in [3.05, 3.63) is 0 Å². The predicted octanol–water partition coefficient (Wildman–Crippen LogP) is 2.71. The molecule has 0 aromatic heterocycles. The van der Waals surface area contributed by atoms with Crippen LogP contribution in [-0.2, 0) is 0 Å². The van der Waals surface area contributed by atoms with E-state index in [0.29, 0.717) is 16.9 Å². The summed E-state index contributed by atoms with van der Waals surface area (Å²) in [5.41, 5.74) is 0.510. The molecule has 2 N–H and O–H groups in total. The van der Waals surface area contributed by atoms with Gasteiger partial charge in [-0.15, -0.1) is 0 Å². The zero-order chi connectivity index (χ0) is 12.3. The molecule has 3 fully saturated rings. The van der Waals surface area contributed by atoms with Gasteiger partial charge in [-0.25, -0.2) is 0 Å². The molecule has 0 aromatic carbocycles. The van der Waals surface area contributed by atoms with E-state index in [2.05, 4.69) is 26.1 Å². The Morgan fingerprint density at radius 2 is 1.88 bits per heavy atom. The molecule has 3 rings (SSSR count). The van der Waals surface area contributed by atoms with Crippen LogP contribution in [0.15, 0.2) is 0 Å². The lowest BCUT2D eigenvalue weighted by Gasteiger charge is -2.46. The molecule has 0 radical (unpaired) electrons. The normalized spacial score (nSPS) is 45.9. The summed E-state index contributed by atoms with van der Waals surface area (Å²) in [6.45, 7) is 8.10. The van der Waals surface area contributed by atoms with Gasteiger partial charge in [-0.05, 0) is 55.3 Å². The largest absolute Gasteiger partial charge is 0.389 e. The Labute approximate surface area is 105 Å². The van der Waals surface area contributed by atoms with Gasteiger partial charge in [0.2, 0.25) is 0 Å². The van der Waals surface area contributed by atoms with Crippen LogP contribution in [0.3, 0.4) is 0 Å². The topological polar surface area (TPSA) is 32.3 Å². The first-order chi connectivity index (χ1) is 7.86. The Bertz CT molecular complexity index is 316. The molecule has 3 saturated carbocycles. The molecular weight excluding hydrogens is 210 g/mol. The van der Waals surface area contributed by atoms with Gasteiger partial charge in [-0.2, -0.15) is 0 Å². The van der Waals surface area contributed by atoms with Crippen molar-refractivity contribution in [2.75, 3.05) is 6.54 Å². The molecule has 0 aromatic rings. The molecule has 3 aliphatic carbocycles. The third kappa shape index (κ3) is 1.67. The summed E-state index contributed by atoms with van der Waals surface area (Å²) in [4.78, 5) is 0. The smallest absolute Gasteiger partial charge is 0.0771 e. The number of rotatable bonds is 3. The number of aliphatic hydroxyl groups is 1. The molecule has 0 saturated heterocycles. The summed E-state index contributed by atoms with van der Waals surface area (Å²) in [5.74, 6) is 0.890. The molecular formula is C15H27NO. The summed E-state index contributed by atoms with van der Waals surface area (Å²) < 4.78 is 0. The molecule has 0 heterocycles. The van der Waals surface area contributed by atoms with Crippen molar-refractivity contribution in [1.82, 2.24) is 5.32 Å². The predicted molar refractivity (Wildman–Crippen MR) is 69.8 cm³/mol. The second-order valence-electron chi connectivity index (χ2n) is 7.81. The van der Waals surface area contributed by atoms with E-state index in [1.54, 1.807) is 0 Å². The molecule has 0 spiro atoms. The number of nitrogens with one attached hydrogen (secondary N) is 1. The average molecular weight is 237 g/mol. The summed E-state index contributed by atoms with van der Waals surface area (Å²) >= 11 is 0. The SMILES string of the molecule is CC1(C)C(NCC2(O)CCC2)[C@]2(C)CC[C@H]1C2. The van der Waals surface area contributed by atoms with Crippen molar-refractivity contribution >= 4 is 0 Å². The van der Waals surface area contributed by atoms with E-state index in [0.717, 1.165) is 25.3 Å². The Kier molecular flexibility index (Phi) is 2.45. The van der Waals surface area contributed by atoms with Gasteiger partial charge >= 0.3 is 0 Å². The summed E-state index contributed by atoms with van der Waals surface area (Å²) in [7, 11) is 0. The van der Waals surface area contributed by atoms with Crippen LogP contribution in [0.1, 0.15) is 59.3 Å². The van der Waals surface area contributed by atoms with Crippen molar-refractivity contribution in [2.24, 2.45) is 16.7 Å². The Morgan fingerprint density at radius 3 is 2.35 bits per heavy atom. The maximum absolute atomic E-state index is 10.2. The van der Waals surface area contributed by atoms with E-state index in [4.69, 9.17) is 0 Å². The standard InChI is InChI=1S/C15H27NO/c1-13(2)11-5-8-14(3,9-11)12(13)16-10-15(17)6-4-7-15/h11-12,16-17H,4-10H2,1-3H3/t11-,12?,14+/m0/s1. The fraction of sp³-hybridized carbons (Fsp3) is 1.00. The van der Waals surface area contributed by atoms with Crippen molar-refractivity contribution in [3.8, 4) is 0 Å². The molecule has 2 heteroatoms. The van der Waals surface area contributed by atoms with E-state index < -0.39 is 0 Å². The maximum Gasteiger partial charge on any atom is 0.0771 e. The second-order valence-corrected chi connectivity index (χ2v) is 7.81. The number of fused-ring (bicyclic) bond motifs is 2. The molecule has 2 bridgehead atoms. The van der Waals surface area contributed by atoms with Crippen LogP contribution in [0.4, 0.5) is 0 Å². The molecule has 2 nitrogen and oxygen atoms in total. The molecule has 0 amide bonds. The van der Waals surface area contributed by atoms with Crippen LogP contribution in [0, 0.1) is 16.7 Å².